The third-order valence-corrected chi connectivity index (χ3v) is 3.44. The van der Waals surface area contributed by atoms with Gasteiger partial charge in [0.25, 0.3) is 0 Å². The molecule has 1 aliphatic rings. The Morgan fingerprint density at radius 1 is 1.33 bits per heavy atom. The van der Waals surface area contributed by atoms with Crippen molar-refractivity contribution in [3.63, 3.8) is 0 Å². The van der Waals surface area contributed by atoms with E-state index in [0.29, 0.717) is 6.54 Å². The van der Waals surface area contributed by atoms with E-state index in [1.807, 2.05) is 44.2 Å². The van der Waals surface area contributed by atoms with E-state index in [0.717, 1.165) is 12.2 Å². The van der Waals surface area contributed by atoms with E-state index in [4.69, 9.17) is 4.74 Å². The van der Waals surface area contributed by atoms with Crippen molar-refractivity contribution in [1.82, 2.24) is 10.6 Å². The smallest absolute Gasteiger partial charge is 0.222 e. The molecule has 0 bridgehead atoms. The Balaban J connectivity index is 1.58. The number of nitrogens with one attached hydrogen (secondary N) is 2. The first-order valence-corrected chi connectivity index (χ1v) is 7.46. The van der Waals surface area contributed by atoms with E-state index in [-0.39, 0.29) is 30.5 Å². The van der Waals surface area contributed by atoms with Gasteiger partial charge in [-0.1, -0.05) is 32.0 Å². The minimum absolute atomic E-state index is 0.0103. The lowest BCUT2D eigenvalue weighted by atomic mass is 10.2. The summed E-state index contributed by atoms with van der Waals surface area (Å²) in [6.07, 6.45) is 0.359. The molecule has 2 rings (SSSR count). The van der Waals surface area contributed by atoms with Crippen molar-refractivity contribution in [2.24, 2.45) is 5.92 Å². The number of benzene rings is 1. The molecule has 116 valence electrons. The largest absolute Gasteiger partial charge is 0.491 e. The number of hydrogen-bond acceptors (Lipinski definition) is 4. The first-order chi connectivity index (χ1) is 10.1. The van der Waals surface area contributed by atoms with Crippen LogP contribution >= 0.6 is 0 Å². The minimum atomic E-state index is -0.563. The lowest BCUT2D eigenvalue weighted by molar-refractivity contribution is -0.124. The molecule has 5 heteroatoms. The fourth-order valence-electron chi connectivity index (χ4n) is 1.98. The van der Waals surface area contributed by atoms with Crippen molar-refractivity contribution < 1.29 is 14.6 Å². The van der Waals surface area contributed by atoms with E-state index in [1.54, 1.807) is 0 Å². The van der Waals surface area contributed by atoms with Crippen LogP contribution in [0.25, 0.3) is 0 Å². The van der Waals surface area contributed by atoms with E-state index in [2.05, 4.69) is 10.6 Å². The number of amides is 1. The summed E-state index contributed by atoms with van der Waals surface area (Å²) in [5.74, 6) is 0.846. The van der Waals surface area contributed by atoms with Gasteiger partial charge in [0.2, 0.25) is 5.91 Å². The van der Waals surface area contributed by atoms with E-state index in [1.165, 1.54) is 0 Å². The third-order valence-electron chi connectivity index (χ3n) is 3.44. The molecule has 1 fully saturated rings. The van der Waals surface area contributed by atoms with Crippen LogP contribution in [0.4, 0.5) is 0 Å². The molecule has 0 saturated heterocycles. The van der Waals surface area contributed by atoms with Crippen LogP contribution in [0, 0.1) is 5.92 Å². The van der Waals surface area contributed by atoms with Crippen LogP contribution in [0.3, 0.4) is 0 Å². The van der Waals surface area contributed by atoms with Gasteiger partial charge in [-0.15, -0.1) is 0 Å². The maximum atomic E-state index is 11.5. The zero-order chi connectivity index (χ0) is 15.2. The highest BCUT2D eigenvalue weighted by molar-refractivity contribution is 5.78. The fourth-order valence-corrected chi connectivity index (χ4v) is 1.98. The maximum Gasteiger partial charge on any atom is 0.222 e. The molecule has 0 radical (unpaired) electrons. The molecular formula is C16H24N2O3. The van der Waals surface area contributed by atoms with Gasteiger partial charge in [-0.25, -0.2) is 0 Å². The highest BCUT2D eigenvalue weighted by Gasteiger charge is 2.38. The van der Waals surface area contributed by atoms with Gasteiger partial charge in [-0.2, -0.15) is 0 Å². The van der Waals surface area contributed by atoms with Crippen molar-refractivity contribution in [2.75, 3.05) is 13.2 Å². The molecule has 0 spiro atoms. The Labute approximate surface area is 125 Å². The summed E-state index contributed by atoms with van der Waals surface area (Å²) in [5, 5.41) is 16.1. The number of aliphatic hydroxyl groups is 1. The van der Waals surface area contributed by atoms with Crippen molar-refractivity contribution in [3.05, 3.63) is 30.3 Å². The zero-order valence-electron chi connectivity index (χ0n) is 12.6. The molecule has 3 N–H and O–H groups in total. The second-order valence-corrected chi connectivity index (χ2v) is 5.80. The van der Waals surface area contributed by atoms with Crippen LogP contribution < -0.4 is 15.4 Å². The number of carbonyl (C=O) groups is 1. The Bertz CT molecular complexity index is 450. The fraction of sp³-hybridized carbons (Fsp3) is 0.562. The number of aliphatic hydroxyl groups excluding tert-OH is 1. The standard InChI is InChI=1S/C16H24N2O3/c1-11(2)16(20)18-15-8-14(15)17-9-12(19)10-21-13-6-4-3-5-7-13/h3-7,11-12,14-15,17,19H,8-10H2,1-2H3,(H,18,20)/t12-,14-,15-/m0/s1. The van der Waals surface area contributed by atoms with Gasteiger partial charge < -0.3 is 20.5 Å². The molecule has 0 unspecified atom stereocenters. The molecule has 1 aromatic carbocycles. The maximum absolute atomic E-state index is 11.5. The van der Waals surface area contributed by atoms with E-state index < -0.39 is 6.10 Å². The van der Waals surface area contributed by atoms with Crippen LogP contribution in [-0.2, 0) is 4.79 Å². The van der Waals surface area contributed by atoms with Crippen molar-refractivity contribution in [1.29, 1.82) is 0 Å². The van der Waals surface area contributed by atoms with Gasteiger partial charge in [0.05, 0.1) is 0 Å². The summed E-state index contributed by atoms with van der Waals surface area (Å²) < 4.78 is 5.48. The highest BCUT2D eigenvalue weighted by atomic mass is 16.5. The highest BCUT2D eigenvalue weighted by Crippen LogP contribution is 2.21. The van der Waals surface area contributed by atoms with Crippen LogP contribution in [0.5, 0.6) is 5.75 Å². The second-order valence-electron chi connectivity index (χ2n) is 5.80. The summed E-state index contributed by atoms with van der Waals surface area (Å²) in [6.45, 7) is 4.48. The van der Waals surface area contributed by atoms with Crippen LogP contribution in [0.15, 0.2) is 30.3 Å². The number of carbonyl (C=O) groups excluding carboxylic acids is 1. The predicted octanol–water partition coefficient (Wildman–Crippen LogP) is 0.929. The van der Waals surface area contributed by atoms with Crippen molar-refractivity contribution in [3.8, 4) is 5.75 Å². The number of para-hydroxylation sites is 1. The Kier molecular flexibility index (Phi) is 5.59. The summed E-state index contributed by atoms with van der Waals surface area (Å²) in [4.78, 5) is 11.5. The topological polar surface area (TPSA) is 70.6 Å². The van der Waals surface area contributed by atoms with E-state index >= 15 is 0 Å². The summed E-state index contributed by atoms with van der Waals surface area (Å²) in [5.41, 5.74) is 0. The monoisotopic (exact) mass is 292 g/mol. The first-order valence-electron chi connectivity index (χ1n) is 7.46. The van der Waals surface area contributed by atoms with Gasteiger partial charge >= 0.3 is 0 Å². The molecule has 3 atom stereocenters. The van der Waals surface area contributed by atoms with E-state index in [9.17, 15) is 9.90 Å². The molecule has 0 aliphatic heterocycles. The molecule has 21 heavy (non-hydrogen) atoms. The van der Waals surface area contributed by atoms with Gasteiger partial charge in [-0.3, -0.25) is 4.79 Å². The van der Waals surface area contributed by atoms with Gasteiger partial charge in [0.1, 0.15) is 18.5 Å². The zero-order valence-corrected chi connectivity index (χ0v) is 12.6. The number of ether oxygens (including phenoxy) is 1. The Morgan fingerprint density at radius 2 is 2.05 bits per heavy atom. The third kappa shape index (κ3) is 5.36. The molecule has 1 aromatic rings. The molecule has 1 amide bonds. The average Bonchev–Trinajstić information content (AvgIpc) is 3.22. The average molecular weight is 292 g/mol. The summed E-state index contributed by atoms with van der Waals surface area (Å²) in [7, 11) is 0. The molecule has 1 saturated carbocycles. The molecule has 5 nitrogen and oxygen atoms in total. The molecule has 0 aromatic heterocycles. The van der Waals surface area contributed by atoms with Gasteiger partial charge in [0.15, 0.2) is 0 Å². The predicted molar refractivity (Wildman–Crippen MR) is 81.1 cm³/mol. The number of hydrogen-bond donors (Lipinski definition) is 3. The Hall–Kier alpha value is -1.59. The van der Waals surface area contributed by atoms with Gasteiger partial charge in [-0.05, 0) is 18.6 Å². The first kappa shape index (κ1) is 15.8. The van der Waals surface area contributed by atoms with Crippen LogP contribution in [-0.4, -0.2) is 42.4 Å². The lowest BCUT2D eigenvalue weighted by Gasteiger charge is -2.13. The van der Waals surface area contributed by atoms with Crippen LogP contribution in [0.1, 0.15) is 20.3 Å². The number of rotatable bonds is 8. The quantitative estimate of drug-likeness (QED) is 0.666. The van der Waals surface area contributed by atoms with Crippen molar-refractivity contribution >= 4 is 5.91 Å². The SMILES string of the molecule is CC(C)C(=O)N[C@H]1C[C@@H]1NC[C@H](O)COc1ccccc1. The lowest BCUT2D eigenvalue weighted by Crippen LogP contribution is -2.38. The van der Waals surface area contributed by atoms with Gasteiger partial charge in [0, 0.05) is 24.5 Å². The van der Waals surface area contributed by atoms with Crippen molar-refractivity contribution in [2.45, 2.75) is 38.5 Å². The Morgan fingerprint density at radius 3 is 2.71 bits per heavy atom. The van der Waals surface area contributed by atoms with Crippen LogP contribution in [0.2, 0.25) is 0 Å². The summed E-state index contributed by atoms with van der Waals surface area (Å²) >= 11 is 0. The molecular weight excluding hydrogens is 268 g/mol. The second kappa shape index (κ2) is 7.43. The summed E-state index contributed by atoms with van der Waals surface area (Å²) in [6, 6.07) is 9.89. The minimum Gasteiger partial charge on any atom is -0.491 e. The molecule has 0 heterocycles. The normalized spacial score (nSPS) is 21.9. The molecule has 1 aliphatic carbocycles.